The number of carbonyl (C=O) groups is 1. The molecule has 0 aliphatic carbocycles. The SMILES string of the molecule is O=C(Nc1cccc(Cl)c1-n1ccnc1)C1CCNC1. The third kappa shape index (κ3) is 2.55. The zero-order valence-electron chi connectivity index (χ0n) is 10.8. The molecule has 0 radical (unpaired) electrons. The molecule has 1 fully saturated rings. The van der Waals surface area contributed by atoms with E-state index in [4.69, 9.17) is 11.6 Å². The van der Waals surface area contributed by atoms with E-state index in [-0.39, 0.29) is 11.8 Å². The summed E-state index contributed by atoms with van der Waals surface area (Å²) in [6, 6.07) is 5.47. The van der Waals surface area contributed by atoms with E-state index < -0.39 is 0 Å². The molecule has 1 aliphatic rings. The Labute approximate surface area is 122 Å². The van der Waals surface area contributed by atoms with Crippen LogP contribution in [0.25, 0.3) is 5.69 Å². The highest BCUT2D eigenvalue weighted by Crippen LogP contribution is 2.29. The van der Waals surface area contributed by atoms with E-state index in [1.807, 2.05) is 12.1 Å². The van der Waals surface area contributed by atoms with E-state index in [9.17, 15) is 4.79 Å². The first-order chi connectivity index (χ1) is 9.75. The number of amides is 1. The molecule has 0 spiro atoms. The van der Waals surface area contributed by atoms with Crippen molar-refractivity contribution in [3.63, 3.8) is 0 Å². The van der Waals surface area contributed by atoms with E-state index in [2.05, 4.69) is 15.6 Å². The number of hydrogen-bond donors (Lipinski definition) is 2. The number of benzene rings is 1. The fraction of sp³-hybridized carbons (Fsp3) is 0.286. The van der Waals surface area contributed by atoms with E-state index in [1.54, 1.807) is 29.4 Å². The minimum absolute atomic E-state index is 0.0182. The summed E-state index contributed by atoms with van der Waals surface area (Å²) < 4.78 is 1.80. The number of carbonyl (C=O) groups excluding carboxylic acids is 1. The van der Waals surface area contributed by atoms with Gasteiger partial charge in [-0.15, -0.1) is 0 Å². The van der Waals surface area contributed by atoms with E-state index >= 15 is 0 Å². The number of anilines is 1. The van der Waals surface area contributed by atoms with Gasteiger partial charge in [-0.1, -0.05) is 17.7 Å². The Hall–Kier alpha value is -1.85. The first kappa shape index (κ1) is 13.1. The fourth-order valence-corrected chi connectivity index (χ4v) is 2.66. The van der Waals surface area contributed by atoms with Crippen molar-refractivity contribution in [3.05, 3.63) is 41.9 Å². The van der Waals surface area contributed by atoms with Gasteiger partial charge in [0.2, 0.25) is 5.91 Å². The van der Waals surface area contributed by atoms with Crippen LogP contribution < -0.4 is 10.6 Å². The quantitative estimate of drug-likeness (QED) is 0.910. The summed E-state index contributed by atoms with van der Waals surface area (Å²) in [6.45, 7) is 1.62. The maximum absolute atomic E-state index is 12.2. The van der Waals surface area contributed by atoms with Gasteiger partial charge in [0, 0.05) is 18.9 Å². The fourth-order valence-electron chi connectivity index (χ4n) is 2.38. The molecule has 3 rings (SSSR count). The second kappa shape index (κ2) is 5.64. The molecule has 0 saturated carbocycles. The first-order valence-corrected chi connectivity index (χ1v) is 6.92. The molecule has 2 N–H and O–H groups in total. The van der Waals surface area contributed by atoms with Crippen LogP contribution in [-0.4, -0.2) is 28.5 Å². The number of halogens is 1. The van der Waals surface area contributed by atoms with Gasteiger partial charge in [-0.05, 0) is 25.1 Å². The Morgan fingerprint density at radius 2 is 2.40 bits per heavy atom. The number of hydrogen-bond acceptors (Lipinski definition) is 3. The molecule has 1 saturated heterocycles. The predicted molar refractivity (Wildman–Crippen MR) is 78.2 cm³/mol. The average Bonchev–Trinajstić information content (AvgIpc) is 3.12. The molecule has 1 aromatic carbocycles. The molecule has 1 aliphatic heterocycles. The van der Waals surface area contributed by atoms with Crippen LogP contribution in [0.1, 0.15) is 6.42 Å². The largest absolute Gasteiger partial charge is 0.324 e. The zero-order valence-corrected chi connectivity index (χ0v) is 11.6. The lowest BCUT2D eigenvalue weighted by molar-refractivity contribution is -0.119. The van der Waals surface area contributed by atoms with Crippen molar-refractivity contribution in [2.24, 2.45) is 5.92 Å². The number of nitrogens with one attached hydrogen (secondary N) is 2. The molecular formula is C14H15ClN4O. The van der Waals surface area contributed by atoms with Crippen LogP contribution in [0.3, 0.4) is 0 Å². The monoisotopic (exact) mass is 290 g/mol. The summed E-state index contributed by atoms with van der Waals surface area (Å²) in [4.78, 5) is 16.2. The van der Waals surface area contributed by atoms with Gasteiger partial charge in [0.15, 0.2) is 0 Å². The number of rotatable bonds is 3. The molecule has 2 heterocycles. The van der Waals surface area contributed by atoms with E-state index in [0.29, 0.717) is 10.7 Å². The van der Waals surface area contributed by atoms with Crippen LogP contribution in [0.15, 0.2) is 36.9 Å². The van der Waals surface area contributed by atoms with Crippen LogP contribution in [0.2, 0.25) is 5.02 Å². The standard InChI is InChI=1S/C14H15ClN4O/c15-11-2-1-3-12(13(11)19-7-6-17-9-19)18-14(20)10-4-5-16-8-10/h1-3,6-7,9-10,16H,4-5,8H2,(H,18,20). The highest BCUT2D eigenvalue weighted by atomic mass is 35.5. The Bertz CT molecular complexity index is 606. The highest BCUT2D eigenvalue weighted by Gasteiger charge is 2.23. The van der Waals surface area contributed by atoms with Crippen molar-refractivity contribution in [2.75, 3.05) is 18.4 Å². The molecule has 0 bridgehead atoms. The number of imidazole rings is 1. The lowest BCUT2D eigenvalue weighted by Crippen LogP contribution is -2.25. The summed E-state index contributed by atoms with van der Waals surface area (Å²) in [6.07, 6.45) is 6.00. The van der Waals surface area contributed by atoms with Gasteiger partial charge in [-0.3, -0.25) is 4.79 Å². The van der Waals surface area contributed by atoms with Crippen molar-refractivity contribution in [3.8, 4) is 5.69 Å². The Kier molecular flexibility index (Phi) is 3.71. The van der Waals surface area contributed by atoms with Gasteiger partial charge >= 0.3 is 0 Å². The average molecular weight is 291 g/mol. The highest BCUT2D eigenvalue weighted by molar-refractivity contribution is 6.33. The van der Waals surface area contributed by atoms with Gasteiger partial charge in [0.1, 0.15) is 0 Å². The van der Waals surface area contributed by atoms with E-state index in [0.717, 1.165) is 25.2 Å². The van der Waals surface area contributed by atoms with Crippen molar-refractivity contribution in [1.82, 2.24) is 14.9 Å². The topological polar surface area (TPSA) is 59.0 Å². The summed E-state index contributed by atoms with van der Waals surface area (Å²) in [5, 5.41) is 6.73. The summed E-state index contributed by atoms with van der Waals surface area (Å²) in [5.74, 6) is 0.0447. The summed E-state index contributed by atoms with van der Waals surface area (Å²) in [5.41, 5.74) is 1.44. The van der Waals surface area contributed by atoms with Crippen molar-refractivity contribution >= 4 is 23.2 Å². The molecule has 5 nitrogen and oxygen atoms in total. The van der Waals surface area contributed by atoms with E-state index in [1.165, 1.54) is 0 Å². The molecule has 1 amide bonds. The van der Waals surface area contributed by atoms with Crippen LogP contribution in [0.5, 0.6) is 0 Å². The molecule has 2 aromatic rings. The van der Waals surface area contributed by atoms with Crippen molar-refractivity contribution < 1.29 is 4.79 Å². The molecule has 104 valence electrons. The lowest BCUT2D eigenvalue weighted by Gasteiger charge is -2.15. The molecule has 20 heavy (non-hydrogen) atoms. The van der Waals surface area contributed by atoms with Crippen LogP contribution in [-0.2, 0) is 4.79 Å². The Balaban J connectivity index is 1.89. The first-order valence-electron chi connectivity index (χ1n) is 6.54. The van der Waals surface area contributed by atoms with Crippen LogP contribution in [0.4, 0.5) is 5.69 Å². The Morgan fingerprint density at radius 1 is 1.50 bits per heavy atom. The smallest absolute Gasteiger partial charge is 0.228 e. The molecular weight excluding hydrogens is 276 g/mol. The normalized spacial score (nSPS) is 18.1. The molecule has 1 atom stereocenters. The lowest BCUT2D eigenvalue weighted by atomic mass is 10.1. The predicted octanol–water partition coefficient (Wildman–Crippen LogP) is 2.07. The number of aromatic nitrogens is 2. The number of nitrogens with zero attached hydrogens (tertiary/aromatic N) is 2. The van der Waals surface area contributed by atoms with Gasteiger partial charge in [0.25, 0.3) is 0 Å². The Morgan fingerprint density at radius 3 is 3.10 bits per heavy atom. The minimum atomic E-state index is 0.0182. The van der Waals surface area contributed by atoms with Gasteiger partial charge < -0.3 is 15.2 Å². The molecule has 1 unspecified atom stereocenters. The van der Waals surface area contributed by atoms with Crippen LogP contribution in [0, 0.1) is 5.92 Å². The minimum Gasteiger partial charge on any atom is -0.324 e. The third-order valence-electron chi connectivity index (χ3n) is 3.44. The van der Waals surface area contributed by atoms with Crippen molar-refractivity contribution in [2.45, 2.75) is 6.42 Å². The zero-order chi connectivity index (χ0) is 13.9. The third-order valence-corrected chi connectivity index (χ3v) is 3.74. The van der Waals surface area contributed by atoms with Crippen molar-refractivity contribution in [1.29, 1.82) is 0 Å². The van der Waals surface area contributed by atoms with Gasteiger partial charge in [-0.2, -0.15) is 0 Å². The maximum atomic E-state index is 12.2. The molecule has 6 heteroatoms. The van der Waals surface area contributed by atoms with Gasteiger partial charge in [-0.25, -0.2) is 4.98 Å². The second-order valence-electron chi connectivity index (χ2n) is 4.78. The van der Waals surface area contributed by atoms with Crippen LogP contribution >= 0.6 is 11.6 Å². The maximum Gasteiger partial charge on any atom is 0.228 e. The van der Waals surface area contributed by atoms with Gasteiger partial charge in [0.05, 0.1) is 28.6 Å². The second-order valence-corrected chi connectivity index (χ2v) is 5.19. The summed E-state index contributed by atoms with van der Waals surface area (Å²) in [7, 11) is 0. The number of para-hydroxylation sites is 1. The molecule has 1 aromatic heterocycles. The summed E-state index contributed by atoms with van der Waals surface area (Å²) >= 11 is 6.25.